The molecule has 2 aromatic heterocycles. The largest absolute Gasteiger partial charge is 0.497 e. The normalized spacial score (nSPS) is 14.9. The Bertz CT molecular complexity index is 1770. The highest BCUT2D eigenvalue weighted by Crippen LogP contribution is 2.45. The van der Waals surface area contributed by atoms with Gasteiger partial charge in [-0.15, -0.1) is 0 Å². The zero-order chi connectivity index (χ0) is 25.8. The van der Waals surface area contributed by atoms with Gasteiger partial charge in [0.05, 0.1) is 48.5 Å². The summed E-state index contributed by atoms with van der Waals surface area (Å²) in [4.78, 5) is 34.0. The molecule has 6 rings (SSSR count). The zero-order valence-corrected chi connectivity index (χ0v) is 21.3. The van der Waals surface area contributed by atoms with Gasteiger partial charge in [-0.25, -0.2) is 4.98 Å². The monoisotopic (exact) mass is 514 g/mol. The van der Waals surface area contributed by atoms with Crippen LogP contribution in [0.15, 0.2) is 63.8 Å². The van der Waals surface area contributed by atoms with E-state index in [0.717, 1.165) is 15.8 Å². The van der Waals surface area contributed by atoms with Gasteiger partial charge in [-0.05, 0) is 55.0 Å². The SMILES string of the molecule is COc1ccc2nc(N3C(=O)c4oc5ccc(C)cc5c(=O)c4[C@H]3c3ccc(OC)c(OC)c3)sc2c1. The lowest BCUT2D eigenvalue weighted by molar-refractivity contribution is 0.0971. The van der Waals surface area contributed by atoms with Crippen molar-refractivity contribution in [3.05, 3.63) is 87.3 Å². The first-order chi connectivity index (χ1) is 17.9. The number of carbonyl (C=O) groups is 1. The maximum Gasteiger partial charge on any atom is 0.297 e. The number of aryl methyl sites for hydroxylation is 1. The molecule has 0 radical (unpaired) electrons. The van der Waals surface area contributed by atoms with Crippen LogP contribution in [0.25, 0.3) is 21.2 Å². The van der Waals surface area contributed by atoms with Crippen LogP contribution >= 0.6 is 11.3 Å². The van der Waals surface area contributed by atoms with E-state index in [9.17, 15) is 9.59 Å². The van der Waals surface area contributed by atoms with E-state index in [1.54, 1.807) is 45.6 Å². The van der Waals surface area contributed by atoms with Crippen LogP contribution in [0.2, 0.25) is 0 Å². The number of hydrogen-bond donors (Lipinski definition) is 0. The quantitative estimate of drug-likeness (QED) is 0.306. The molecular formula is C28H22N2O6S. The van der Waals surface area contributed by atoms with Crippen LogP contribution < -0.4 is 24.5 Å². The van der Waals surface area contributed by atoms with Gasteiger partial charge in [0.25, 0.3) is 5.91 Å². The number of fused-ring (bicyclic) bond motifs is 3. The van der Waals surface area contributed by atoms with E-state index in [1.165, 1.54) is 16.2 Å². The number of ether oxygens (including phenoxy) is 3. The second-order valence-corrected chi connectivity index (χ2v) is 9.70. The van der Waals surface area contributed by atoms with Crippen molar-refractivity contribution in [2.24, 2.45) is 0 Å². The van der Waals surface area contributed by atoms with E-state index < -0.39 is 11.9 Å². The molecule has 0 N–H and O–H groups in total. The van der Waals surface area contributed by atoms with Gasteiger partial charge in [-0.2, -0.15) is 0 Å². The minimum atomic E-state index is -0.772. The summed E-state index contributed by atoms with van der Waals surface area (Å²) >= 11 is 1.34. The first kappa shape index (κ1) is 23.1. The second kappa shape index (κ2) is 8.63. The van der Waals surface area contributed by atoms with Gasteiger partial charge in [-0.3, -0.25) is 14.5 Å². The Kier molecular flexibility index (Phi) is 5.38. The van der Waals surface area contributed by atoms with Crippen LogP contribution in [0.1, 0.15) is 33.3 Å². The number of carbonyl (C=O) groups excluding carboxylic acids is 1. The smallest absolute Gasteiger partial charge is 0.297 e. The zero-order valence-electron chi connectivity index (χ0n) is 20.5. The lowest BCUT2D eigenvalue weighted by atomic mass is 9.98. The average Bonchev–Trinajstić information content (AvgIpc) is 3.46. The van der Waals surface area contributed by atoms with Crippen LogP contribution in [-0.4, -0.2) is 32.2 Å². The van der Waals surface area contributed by atoms with Gasteiger partial charge in [0.1, 0.15) is 11.3 Å². The molecule has 5 aromatic rings. The maximum atomic E-state index is 13.9. The molecule has 0 bridgehead atoms. The van der Waals surface area contributed by atoms with Crippen molar-refractivity contribution < 1.29 is 23.4 Å². The van der Waals surface area contributed by atoms with Crippen molar-refractivity contribution in [1.29, 1.82) is 0 Å². The number of aromatic nitrogens is 1. The first-order valence-corrected chi connectivity index (χ1v) is 12.3. The van der Waals surface area contributed by atoms with Gasteiger partial charge in [0, 0.05) is 0 Å². The van der Waals surface area contributed by atoms with Crippen molar-refractivity contribution in [2.75, 3.05) is 26.2 Å². The van der Waals surface area contributed by atoms with Gasteiger partial charge in [0.2, 0.25) is 5.76 Å². The van der Waals surface area contributed by atoms with E-state index in [2.05, 4.69) is 0 Å². The fraction of sp³-hybridized carbons (Fsp3) is 0.179. The Balaban J connectivity index is 1.62. The summed E-state index contributed by atoms with van der Waals surface area (Å²) in [7, 11) is 4.69. The van der Waals surface area contributed by atoms with Crippen molar-refractivity contribution in [1.82, 2.24) is 4.98 Å². The molecule has 0 fully saturated rings. The maximum absolute atomic E-state index is 13.9. The van der Waals surface area contributed by atoms with E-state index in [4.69, 9.17) is 23.6 Å². The molecule has 3 aromatic carbocycles. The summed E-state index contributed by atoms with van der Waals surface area (Å²) in [6, 6.07) is 15.5. The summed E-state index contributed by atoms with van der Waals surface area (Å²) in [5.41, 5.74) is 2.69. The highest BCUT2D eigenvalue weighted by molar-refractivity contribution is 7.22. The third kappa shape index (κ3) is 3.54. The number of rotatable bonds is 5. The number of benzene rings is 3. The molecule has 1 aliphatic rings. The molecule has 0 saturated heterocycles. The van der Waals surface area contributed by atoms with Crippen LogP contribution in [0, 0.1) is 6.92 Å². The van der Waals surface area contributed by atoms with E-state index in [1.807, 2.05) is 37.3 Å². The molecule has 9 heteroatoms. The number of amides is 1. The predicted molar refractivity (Wildman–Crippen MR) is 142 cm³/mol. The summed E-state index contributed by atoms with van der Waals surface area (Å²) in [5.74, 6) is 1.29. The molecule has 8 nitrogen and oxygen atoms in total. The minimum absolute atomic E-state index is 0.0120. The Labute approximate surface area is 215 Å². The van der Waals surface area contributed by atoms with Gasteiger partial charge >= 0.3 is 0 Å². The van der Waals surface area contributed by atoms with Crippen LogP contribution in [0.4, 0.5) is 5.13 Å². The number of hydrogen-bond acceptors (Lipinski definition) is 8. The fourth-order valence-corrected chi connectivity index (χ4v) is 5.77. The molecular weight excluding hydrogens is 492 g/mol. The number of anilines is 1. The van der Waals surface area contributed by atoms with Crippen molar-refractivity contribution in [3.63, 3.8) is 0 Å². The lowest BCUT2D eigenvalue weighted by Gasteiger charge is -2.23. The third-order valence-corrected chi connectivity index (χ3v) is 7.56. The van der Waals surface area contributed by atoms with Crippen LogP contribution in [-0.2, 0) is 0 Å². The second-order valence-electron chi connectivity index (χ2n) is 8.70. The Morgan fingerprint density at radius 1 is 0.919 bits per heavy atom. The summed E-state index contributed by atoms with van der Waals surface area (Å²) in [6.45, 7) is 1.91. The Hall–Kier alpha value is -4.37. The minimum Gasteiger partial charge on any atom is -0.497 e. The number of nitrogens with zero attached hydrogens (tertiary/aromatic N) is 2. The summed E-state index contributed by atoms with van der Waals surface area (Å²) in [6.07, 6.45) is 0. The molecule has 0 unspecified atom stereocenters. The predicted octanol–water partition coefficient (Wildman–Crippen LogP) is 5.49. The van der Waals surface area contributed by atoms with Gasteiger partial charge in [-0.1, -0.05) is 29.0 Å². The highest BCUT2D eigenvalue weighted by Gasteiger charge is 2.45. The summed E-state index contributed by atoms with van der Waals surface area (Å²) < 4.78 is 23.2. The molecule has 0 spiro atoms. The molecule has 186 valence electrons. The van der Waals surface area contributed by atoms with Gasteiger partial charge < -0.3 is 18.6 Å². The van der Waals surface area contributed by atoms with Crippen LogP contribution in [0.5, 0.6) is 17.2 Å². The standard InChI is InChI=1S/C28H22N2O6S/c1-14-5-9-19-17(11-14)25(31)23-24(15-6-10-20(34-3)21(12-15)35-4)30(27(32)26(23)36-19)28-29-18-8-7-16(33-2)13-22(18)37-28/h5-13,24H,1-4H3/t24-/m1/s1. The molecule has 0 aliphatic carbocycles. The van der Waals surface area contributed by atoms with Gasteiger partial charge in [0.15, 0.2) is 22.1 Å². The Morgan fingerprint density at radius 3 is 2.49 bits per heavy atom. The van der Waals surface area contributed by atoms with E-state index in [-0.39, 0.29) is 16.8 Å². The van der Waals surface area contributed by atoms with Crippen molar-refractivity contribution in [3.8, 4) is 17.2 Å². The first-order valence-electron chi connectivity index (χ1n) is 11.5. The molecule has 1 aliphatic heterocycles. The third-order valence-electron chi connectivity index (χ3n) is 6.54. The van der Waals surface area contributed by atoms with E-state index in [0.29, 0.717) is 38.9 Å². The molecule has 37 heavy (non-hydrogen) atoms. The topological polar surface area (TPSA) is 91.1 Å². The molecule has 3 heterocycles. The number of methoxy groups -OCH3 is 3. The Morgan fingerprint density at radius 2 is 1.73 bits per heavy atom. The molecule has 0 saturated carbocycles. The van der Waals surface area contributed by atoms with Crippen LogP contribution in [0.3, 0.4) is 0 Å². The molecule has 1 amide bonds. The summed E-state index contributed by atoms with van der Waals surface area (Å²) in [5, 5.41) is 0.868. The van der Waals surface area contributed by atoms with Crippen molar-refractivity contribution in [2.45, 2.75) is 13.0 Å². The van der Waals surface area contributed by atoms with E-state index >= 15 is 0 Å². The lowest BCUT2D eigenvalue weighted by Crippen LogP contribution is -2.29. The van der Waals surface area contributed by atoms with Crippen molar-refractivity contribution >= 4 is 43.6 Å². The highest BCUT2D eigenvalue weighted by atomic mass is 32.1. The number of thiazole rings is 1. The molecule has 1 atom stereocenters. The fourth-order valence-electron chi connectivity index (χ4n) is 4.75. The average molecular weight is 515 g/mol.